The highest BCUT2D eigenvalue weighted by Crippen LogP contribution is 2.41. The molecule has 4 aromatic carbocycles. The number of hydrogen-bond acceptors (Lipinski definition) is 20. The van der Waals surface area contributed by atoms with Gasteiger partial charge in [0, 0.05) is 53.9 Å². The summed E-state index contributed by atoms with van der Waals surface area (Å²) in [7, 11) is 4.55. The molecular formula is C58H50F2N10O10S2. The lowest BCUT2D eigenvalue weighted by atomic mass is 10.1. The van der Waals surface area contributed by atoms with Crippen molar-refractivity contribution < 1.29 is 56.3 Å². The van der Waals surface area contributed by atoms with Gasteiger partial charge < -0.3 is 37.9 Å². The van der Waals surface area contributed by atoms with Crippen molar-refractivity contribution in [3.63, 3.8) is 0 Å². The third-order valence-electron chi connectivity index (χ3n) is 13.9. The van der Waals surface area contributed by atoms with E-state index in [9.17, 15) is 9.59 Å². The van der Waals surface area contributed by atoms with Gasteiger partial charge in [0.15, 0.2) is 23.1 Å². The van der Waals surface area contributed by atoms with Crippen LogP contribution >= 0.6 is 22.7 Å². The van der Waals surface area contributed by atoms with Crippen LogP contribution in [0.5, 0.6) is 35.0 Å². The lowest BCUT2D eigenvalue weighted by Crippen LogP contribution is -2.32. The number of thiazole rings is 2. The summed E-state index contributed by atoms with van der Waals surface area (Å²) < 4.78 is 78.5. The normalized spacial score (nSPS) is 16.8. The fourth-order valence-corrected chi connectivity index (χ4v) is 11.9. The van der Waals surface area contributed by atoms with E-state index in [2.05, 4.69) is 40.5 Å². The van der Waals surface area contributed by atoms with Gasteiger partial charge in [0.05, 0.1) is 107 Å². The zero-order valence-corrected chi connectivity index (χ0v) is 46.1. The molecule has 24 heteroatoms. The summed E-state index contributed by atoms with van der Waals surface area (Å²) in [6.45, 7) is 2.18. The smallest absolute Gasteiger partial charge is 0.412 e. The molecule has 2 N–H and O–H groups in total. The molecule has 0 saturated heterocycles. The van der Waals surface area contributed by atoms with Crippen LogP contribution in [0.1, 0.15) is 49.7 Å². The highest BCUT2D eigenvalue weighted by molar-refractivity contribution is 7.22. The van der Waals surface area contributed by atoms with E-state index in [0.29, 0.717) is 120 Å². The molecule has 418 valence electrons. The highest BCUT2D eigenvalue weighted by atomic mass is 32.1. The van der Waals surface area contributed by atoms with Crippen molar-refractivity contribution in [2.75, 3.05) is 38.6 Å². The molecule has 0 spiro atoms. The van der Waals surface area contributed by atoms with Crippen LogP contribution in [-0.4, -0.2) is 104 Å². The molecule has 0 unspecified atom stereocenters. The van der Waals surface area contributed by atoms with Gasteiger partial charge in [-0.15, -0.1) is 22.7 Å². The largest absolute Gasteiger partial charge is 0.483 e. The van der Waals surface area contributed by atoms with Gasteiger partial charge in [-0.3, -0.25) is 10.6 Å². The summed E-state index contributed by atoms with van der Waals surface area (Å²) in [4.78, 5) is 62.5. The Morgan fingerprint density at radius 3 is 1.56 bits per heavy atom. The first-order valence-corrected chi connectivity index (χ1v) is 27.8. The average Bonchev–Trinajstić information content (AvgIpc) is 4.42. The summed E-state index contributed by atoms with van der Waals surface area (Å²) >= 11 is 2.73. The number of ether oxygens (including phenoxy) is 8. The number of benzene rings is 4. The van der Waals surface area contributed by atoms with Gasteiger partial charge in [-0.05, 0) is 93.0 Å². The second kappa shape index (κ2) is 23.1. The summed E-state index contributed by atoms with van der Waals surface area (Å²) in [6, 6.07) is 20.2. The second-order valence-electron chi connectivity index (χ2n) is 19.4. The van der Waals surface area contributed by atoms with Crippen LogP contribution in [0.2, 0.25) is 0 Å². The van der Waals surface area contributed by atoms with Crippen LogP contribution in [0.3, 0.4) is 0 Å². The third-order valence-corrected chi connectivity index (χ3v) is 16.0. The number of halogens is 2. The molecule has 2 fully saturated rings. The van der Waals surface area contributed by atoms with Crippen LogP contribution in [-0.2, 0) is 15.9 Å². The number of carbonyl (C=O) groups is 2. The van der Waals surface area contributed by atoms with Crippen LogP contribution in [0, 0.1) is 18.6 Å². The van der Waals surface area contributed by atoms with Crippen LogP contribution < -0.4 is 39.1 Å². The van der Waals surface area contributed by atoms with Gasteiger partial charge in [0.25, 0.3) is 0 Å². The molecule has 2 saturated carbocycles. The zero-order valence-electron chi connectivity index (χ0n) is 44.4. The number of rotatable bonds is 17. The minimum Gasteiger partial charge on any atom is -0.483 e. The Kier molecular flexibility index (Phi) is 15.1. The van der Waals surface area contributed by atoms with Gasteiger partial charge in [0.1, 0.15) is 34.4 Å². The summed E-state index contributed by atoms with van der Waals surface area (Å²) in [5, 5.41) is 6.62. The first-order valence-electron chi connectivity index (χ1n) is 26.2. The Labute approximate surface area is 474 Å². The van der Waals surface area contributed by atoms with Crippen molar-refractivity contribution in [3.05, 3.63) is 120 Å². The van der Waals surface area contributed by atoms with E-state index in [1.165, 1.54) is 74.7 Å². The van der Waals surface area contributed by atoms with Gasteiger partial charge in [-0.2, -0.15) is 0 Å². The topological polar surface area (TPSA) is 235 Å². The van der Waals surface area contributed by atoms with Crippen molar-refractivity contribution >= 4 is 88.7 Å². The number of aryl methyl sites for hydroxylation is 1. The molecular weight excluding hydrogens is 1100 g/mol. The standard InChI is InChI=1S/C58H50F2N10O10S2/c1-29-17-33(53-39(18-29)67-51(74-3)27-63-53)55-69-37-21-35(59)45(23-47(37)81-55)77-42-8-6-10-44(42)80-58(72)66-32-12-14-50(62-26-32)76-16-15-30-19-34(54-40(20-30)68-52(75-4)28-64-54)56-70-38-22-36(60)46(24-48(38)82-56)78-41-7-5-9-43(41)79-57(71)65-31-11-13-49(73-2)61-25-31/h11-14,17-28,41-44H,5-10,15-16H2,1-4H3,(H,65,71)(H,66,72)/t41-,42+,43+,44-/m1/s1. The molecule has 10 aromatic rings. The van der Waals surface area contributed by atoms with E-state index in [1.807, 2.05) is 31.2 Å². The molecule has 0 bridgehead atoms. The number of nitrogens with zero attached hydrogens (tertiary/aromatic N) is 8. The fraction of sp³-hybridized carbons (Fsp3) is 0.276. The van der Waals surface area contributed by atoms with E-state index in [4.69, 9.17) is 47.9 Å². The van der Waals surface area contributed by atoms with Crippen LogP contribution in [0.25, 0.3) is 63.6 Å². The van der Waals surface area contributed by atoms with E-state index in [0.717, 1.165) is 34.2 Å². The predicted molar refractivity (Wildman–Crippen MR) is 303 cm³/mol. The number of amides is 2. The molecule has 2 aliphatic carbocycles. The summed E-state index contributed by atoms with van der Waals surface area (Å²) in [5.41, 5.74) is 7.40. The molecule has 2 aliphatic rings. The number of hydrogen-bond donors (Lipinski definition) is 2. The highest BCUT2D eigenvalue weighted by Gasteiger charge is 2.35. The number of methoxy groups -OCH3 is 3. The second-order valence-corrected chi connectivity index (χ2v) is 21.5. The van der Waals surface area contributed by atoms with Crippen LogP contribution in [0.15, 0.2) is 97.6 Å². The van der Waals surface area contributed by atoms with Crippen molar-refractivity contribution in [1.29, 1.82) is 0 Å². The molecule has 0 radical (unpaired) electrons. The van der Waals surface area contributed by atoms with Gasteiger partial charge in [-0.25, -0.2) is 58.2 Å². The maximum absolute atomic E-state index is 15.8. The molecule has 12 rings (SSSR count). The van der Waals surface area contributed by atoms with E-state index in [-0.39, 0.29) is 18.1 Å². The minimum absolute atomic E-state index is 0.0211. The molecule has 20 nitrogen and oxygen atoms in total. The van der Waals surface area contributed by atoms with Crippen molar-refractivity contribution in [3.8, 4) is 56.2 Å². The first kappa shape index (κ1) is 53.5. The van der Waals surface area contributed by atoms with E-state index >= 15 is 8.78 Å². The number of nitrogens with one attached hydrogen (secondary N) is 2. The monoisotopic (exact) mass is 1150 g/mol. The SMILES string of the molecule is COc1ccc(NC(=O)O[C@H]2CCC[C@H]2Oc2cc3sc(-c4cc(CCOc5ccc(NC(=O)O[C@@H]6CCC[C@@H]6Oc6cc7sc(-c8cc(C)cc9nc(OC)cnc89)nc7cc6F)cn5)cc5nc(OC)cnc45)nc3cc2F)cn1. The van der Waals surface area contributed by atoms with Crippen LogP contribution in [0.4, 0.5) is 29.7 Å². The Bertz CT molecular complexity index is 4040. The Hall–Kier alpha value is -9.16. The van der Waals surface area contributed by atoms with E-state index in [1.54, 1.807) is 42.6 Å². The molecule has 2 amide bonds. The Balaban J connectivity index is 0.666. The van der Waals surface area contributed by atoms with Crippen molar-refractivity contribution in [1.82, 2.24) is 39.9 Å². The number of carbonyl (C=O) groups excluding carboxylic acids is 2. The van der Waals surface area contributed by atoms with E-state index < -0.39 is 48.2 Å². The first-order chi connectivity index (χ1) is 39.9. The molecule has 0 aliphatic heterocycles. The number of pyridine rings is 2. The summed E-state index contributed by atoms with van der Waals surface area (Å²) in [6.07, 6.45) is 6.32. The van der Waals surface area contributed by atoms with Gasteiger partial charge in [0.2, 0.25) is 23.5 Å². The molecule has 82 heavy (non-hydrogen) atoms. The zero-order chi connectivity index (χ0) is 56.4. The molecule has 6 heterocycles. The molecule has 4 atom stereocenters. The quantitative estimate of drug-likeness (QED) is 0.0862. The Morgan fingerprint density at radius 1 is 0.549 bits per heavy atom. The van der Waals surface area contributed by atoms with Crippen molar-refractivity contribution in [2.24, 2.45) is 0 Å². The predicted octanol–water partition coefficient (Wildman–Crippen LogP) is 12.2. The third kappa shape index (κ3) is 11.6. The van der Waals surface area contributed by atoms with Gasteiger partial charge in [-0.1, -0.05) is 0 Å². The summed E-state index contributed by atoms with van der Waals surface area (Å²) in [5.74, 6) is 0.323. The minimum atomic E-state index is -0.709. The Morgan fingerprint density at radius 2 is 1.05 bits per heavy atom. The lowest BCUT2D eigenvalue weighted by Gasteiger charge is -2.22. The fourth-order valence-electron chi connectivity index (χ4n) is 9.96. The number of aromatic nitrogens is 8. The maximum Gasteiger partial charge on any atom is 0.412 e. The maximum atomic E-state index is 15.8. The lowest BCUT2D eigenvalue weighted by molar-refractivity contribution is 0.0399. The van der Waals surface area contributed by atoms with Crippen molar-refractivity contribution in [2.45, 2.75) is 76.3 Å². The number of anilines is 2. The average molecular weight is 1150 g/mol. The molecule has 6 aromatic heterocycles. The van der Waals surface area contributed by atoms with Gasteiger partial charge >= 0.3 is 12.2 Å². The number of fused-ring (bicyclic) bond motifs is 4.